The zero-order chi connectivity index (χ0) is 12.9. The Morgan fingerprint density at radius 1 is 1.59 bits per heavy atom. The number of pyridine rings is 1. The molecule has 0 amide bonds. The lowest BCUT2D eigenvalue weighted by Crippen LogP contribution is -2.31. The Balaban J connectivity index is 3.04. The third kappa shape index (κ3) is 3.13. The van der Waals surface area contributed by atoms with E-state index in [9.17, 15) is 8.42 Å². The second-order valence-electron chi connectivity index (χ2n) is 3.32. The summed E-state index contributed by atoms with van der Waals surface area (Å²) in [5.41, 5.74) is 2.57. The molecule has 17 heavy (non-hydrogen) atoms. The zero-order valence-corrected chi connectivity index (χ0v) is 10.6. The maximum Gasteiger partial charge on any atom is 0.262 e. The summed E-state index contributed by atoms with van der Waals surface area (Å²) in [5, 5.41) is -0.0962. The number of ether oxygens (including phenoxy) is 1. The number of aromatic nitrogens is 1. The van der Waals surface area contributed by atoms with Gasteiger partial charge in [0.1, 0.15) is 0 Å². The SMILES string of the molecule is COCCN(C)S(=O)(=O)c1ncccc1NN. The standard InChI is InChI=1S/C9H16N4O3S/c1-13(6-7-16-2)17(14,15)9-8(12-10)4-3-5-11-9/h3-5,12H,6-7,10H2,1-2H3. The molecular weight excluding hydrogens is 244 g/mol. The first kappa shape index (κ1) is 13.8. The van der Waals surface area contributed by atoms with Crippen molar-refractivity contribution in [3.05, 3.63) is 18.3 Å². The molecule has 0 unspecified atom stereocenters. The summed E-state index contributed by atoms with van der Waals surface area (Å²) in [6, 6.07) is 3.15. The minimum Gasteiger partial charge on any atom is -0.383 e. The van der Waals surface area contributed by atoms with E-state index >= 15 is 0 Å². The number of nitrogens with zero attached hydrogens (tertiary/aromatic N) is 2. The average Bonchev–Trinajstić information content (AvgIpc) is 2.35. The molecular formula is C9H16N4O3S. The van der Waals surface area contributed by atoms with E-state index in [1.807, 2.05) is 0 Å². The van der Waals surface area contributed by atoms with E-state index in [0.717, 1.165) is 0 Å². The first-order chi connectivity index (χ1) is 8.04. The largest absolute Gasteiger partial charge is 0.383 e. The molecule has 1 aromatic rings. The highest BCUT2D eigenvalue weighted by Crippen LogP contribution is 2.19. The topological polar surface area (TPSA) is 97.5 Å². The summed E-state index contributed by atoms with van der Waals surface area (Å²) in [4.78, 5) is 3.84. The predicted octanol–water partition coefficient (Wildman–Crippen LogP) is -0.366. The molecule has 0 bridgehead atoms. The highest BCUT2D eigenvalue weighted by Gasteiger charge is 2.24. The van der Waals surface area contributed by atoms with Gasteiger partial charge in [0.15, 0.2) is 5.03 Å². The number of hydrogen-bond donors (Lipinski definition) is 2. The van der Waals surface area contributed by atoms with Gasteiger partial charge in [0.2, 0.25) is 0 Å². The number of hydrogen-bond acceptors (Lipinski definition) is 6. The van der Waals surface area contributed by atoms with Crippen LogP contribution >= 0.6 is 0 Å². The van der Waals surface area contributed by atoms with E-state index in [-0.39, 0.29) is 17.3 Å². The van der Waals surface area contributed by atoms with Gasteiger partial charge in [0.25, 0.3) is 10.0 Å². The van der Waals surface area contributed by atoms with Gasteiger partial charge < -0.3 is 10.2 Å². The van der Waals surface area contributed by atoms with Crippen molar-refractivity contribution < 1.29 is 13.2 Å². The second kappa shape index (κ2) is 5.92. The van der Waals surface area contributed by atoms with Gasteiger partial charge in [-0.15, -0.1) is 0 Å². The number of sulfonamides is 1. The molecule has 0 aliphatic heterocycles. The maximum absolute atomic E-state index is 12.1. The average molecular weight is 260 g/mol. The maximum atomic E-state index is 12.1. The van der Waals surface area contributed by atoms with Crippen LogP contribution in [0.25, 0.3) is 0 Å². The minimum atomic E-state index is -3.65. The fourth-order valence-electron chi connectivity index (χ4n) is 1.19. The van der Waals surface area contributed by atoms with Crippen molar-refractivity contribution in [1.82, 2.24) is 9.29 Å². The Labute approximate surface area is 101 Å². The number of nitrogens with one attached hydrogen (secondary N) is 1. The zero-order valence-electron chi connectivity index (χ0n) is 9.75. The molecule has 1 rings (SSSR count). The number of hydrazine groups is 1. The summed E-state index contributed by atoms with van der Waals surface area (Å²) in [6.45, 7) is 0.563. The number of nitrogens with two attached hydrogens (primary N) is 1. The smallest absolute Gasteiger partial charge is 0.262 e. The van der Waals surface area contributed by atoms with Crippen LogP contribution in [0.5, 0.6) is 0 Å². The van der Waals surface area contributed by atoms with Crippen LogP contribution in [-0.4, -0.2) is 45.0 Å². The number of anilines is 1. The van der Waals surface area contributed by atoms with E-state index in [4.69, 9.17) is 10.6 Å². The van der Waals surface area contributed by atoms with Gasteiger partial charge in [-0.2, -0.15) is 4.31 Å². The molecule has 0 spiro atoms. The van der Waals surface area contributed by atoms with Crippen LogP contribution in [0.1, 0.15) is 0 Å². The molecule has 8 heteroatoms. The molecule has 0 aliphatic rings. The first-order valence-electron chi connectivity index (χ1n) is 4.91. The van der Waals surface area contributed by atoms with Crippen LogP contribution in [0.15, 0.2) is 23.4 Å². The van der Waals surface area contributed by atoms with Crippen LogP contribution < -0.4 is 11.3 Å². The van der Waals surface area contributed by atoms with Gasteiger partial charge in [0, 0.05) is 26.9 Å². The van der Waals surface area contributed by atoms with Crippen molar-refractivity contribution in [3.63, 3.8) is 0 Å². The van der Waals surface area contributed by atoms with E-state index < -0.39 is 10.0 Å². The van der Waals surface area contributed by atoms with Crippen molar-refractivity contribution in [2.24, 2.45) is 5.84 Å². The second-order valence-corrected chi connectivity index (χ2v) is 5.28. The van der Waals surface area contributed by atoms with Crippen LogP contribution in [0.4, 0.5) is 5.69 Å². The highest BCUT2D eigenvalue weighted by molar-refractivity contribution is 7.89. The molecule has 0 atom stereocenters. The van der Waals surface area contributed by atoms with Gasteiger partial charge in [0.05, 0.1) is 12.3 Å². The Hall–Kier alpha value is -1.22. The number of likely N-dealkylation sites (N-methyl/N-ethyl adjacent to an activating group) is 1. The Kier molecular flexibility index (Phi) is 4.82. The molecule has 1 heterocycles. The molecule has 96 valence electrons. The Morgan fingerprint density at radius 3 is 2.88 bits per heavy atom. The van der Waals surface area contributed by atoms with E-state index in [1.54, 1.807) is 12.1 Å². The van der Waals surface area contributed by atoms with Gasteiger partial charge in [-0.25, -0.2) is 13.4 Å². The number of methoxy groups -OCH3 is 1. The van der Waals surface area contributed by atoms with Gasteiger partial charge in [-0.05, 0) is 12.1 Å². The lowest BCUT2D eigenvalue weighted by molar-refractivity contribution is 0.185. The predicted molar refractivity (Wildman–Crippen MR) is 63.7 cm³/mol. The summed E-state index contributed by atoms with van der Waals surface area (Å²) in [5.74, 6) is 5.25. The third-order valence-electron chi connectivity index (χ3n) is 2.19. The molecule has 0 radical (unpaired) electrons. The van der Waals surface area contributed by atoms with Gasteiger partial charge >= 0.3 is 0 Å². The molecule has 0 fully saturated rings. The lowest BCUT2D eigenvalue weighted by Gasteiger charge is -2.17. The van der Waals surface area contributed by atoms with Crippen molar-refractivity contribution >= 4 is 15.7 Å². The van der Waals surface area contributed by atoms with Crippen LogP contribution in [0.3, 0.4) is 0 Å². The molecule has 0 saturated heterocycles. The lowest BCUT2D eigenvalue weighted by atomic mass is 10.4. The van der Waals surface area contributed by atoms with Crippen molar-refractivity contribution in [2.45, 2.75) is 5.03 Å². The number of rotatable bonds is 6. The molecule has 0 saturated carbocycles. The quantitative estimate of drug-likeness (QED) is 0.535. The van der Waals surface area contributed by atoms with Crippen molar-refractivity contribution in [1.29, 1.82) is 0 Å². The van der Waals surface area contributed by atoms with Crippen LogP contribution in [0, 0.1) is 0 Å². The minimum absolute atomic E-state index is 0.0962. The number of nitrogen functional groups attached to an aromatic ring is 1. The Morgan fingerprint density at radius 2 is 2.29 bits per heavy atom. The van der Waals surface area contributed by atoms with Crippen LogP contribution in [0.2, 0.25) is 0 Å². The van der Waals surface area contributed by atoms with Crippen molar-refractivity contribution in [3.8, 4) is 0 Å². The van der Waals surface area contributed by atoms with E-state index in [2.05, 4.69) is 10.4 Å². The first-order valence-corrected chi connectivity index (χ1v) is 6.35. The molecule has 1 aromatic heterocycles. The summed E-state index contributed by atoms with van der Waals surface area (Å²) < 4.78 is 30.3. The summed E-state index contributed by atoms with van der Waals surface area (Å²) >= 11 is 0. The fraction of sp³-hybridized carbons (Fsp3) is 0.444. The van der Waals surface area contributed by atoms with Crippen LogP contribution in [-0.2, 0) is 14.8 Å². The molecule has 0 aromatic carbocycles. The van der Waals surface area contributed by atoms with E-state index in [1.165, 1.54) is 24.7 Å². The highest BCUT2D eigenvalue weighted by atomic mass is 32.2. The Bertz CT molecular complexity index is 463. The fourth-order valence-corrected chi connectivity index (χ4v) is 2.40. The van der Waals surface area contributed by atoms with Gasteiger partial charge in [-0.1, -0.05) is 0 Å². The van der Waals surface area contributed by atoms with Crippen molar-refractivity contribution in [2.75, 3.05) is 32.7 Å². The summed E-state index contributed by atoms with van der Waals surface area (Å²) in [6.07, 6.45) is 1.40. The molecule has 7 nitrogen and oxygen atoms in total. The monoisotopic (exact) mass is 260 g/mol. The molecule has 3 N–H and O–H groups in total. The third-order valence-corrected chi connectivity index (χ3v) is 4.01. The van der Waals surface area contributed by atoms with Gasteiger partial charge in [-0.3, -0.25) is 5.84 Å². The normalized spacial score (nSPS) is 11.8. The van der Waals surface area contributed by atoms with E-state index in [0.29, 0.717) is 6.61 Å². The molecule has 0 aliphatic carbocycles. The summed E-state index contributed by atoms with van der Waals surface area (Å²) in [7, 11) is -0.685.